The first-order valence-corrected chi connectivity index (χ1v) is 13.5. The van der Waals surface area contributed by atoms with Crippen molar-refractivity contribution in [2.45, 2.75) is 63.8 Å². The highest BCUT2D eigenvalue weighted by molar-refractivity contribution is 7.92. The summed E-state index contributed by atoms with van der Waals surface area (Å²) in [5.41, 5.74) is 5.21. The van der Waals surface area contributed by atoms with E-state index < -0.39 is 27.7 Å². The maximum Gasteiger partial charge on any atom is 0.407 e. The molecule has 1 aliphatic heterocycles. The highest BCUT2D eigenvalue weighted by atomic mass is 32.2. The molecule has 0 saturated carbocycles. The number of hydrogen-bond donors (Lipinski definition) is 3. The molecule has 0 bridgehead atoms. The number of aryl methyl sites for hydroxylation is 2. The molecule has 1 aromatic rings. The Morgan fingerprint density at radius 2 is 1.82 bits per heavy atom. The molecule has 186 valence electrons. The van der Waals surface area contributed by atoms with Crippen molar-refractivity contribution in [1.82, 2.24) is 14.5 Å². The summed E-state index contributed by atoms with van der Waals surface area (Å²) in [5, 5.41) is 12.9. The van der Waals surface area contributed by atoms with Gasteiger partial charge < -0.3 is 15.3 Å². The van der Waals surface area contributed by atoms with Crippen molar-refractivity contribution in [3.8, 4) is 0 Å². The van der Waals surface area contributed by atoms with E-state index in [1.54, 1.807) is 6.08 Å². The third-order valence-electron chi connectivity index (χ3n) is 7.41. The number of nitrogens with one attached hydrogen (secondary N) is 2. The van der Waals surface area contributed by atoms with E-state index in [1.165, 1.54) is 23.1 Å². The maximum atomic E-state index is 12.7. The van der Waals surface area contributed by atoms with Crippen LogP contribution in [-0.4, -0.2) is 67.7 Å². The van der Waals surface area contributed by atoms with Gasteiger partial charge in [-0.05, 0) is 80.5 Å². The van der Waals surface area contributed by atoms with Crippen molar-refractivity contribution in [2.75, 3.05) is 32.0 Å². The molecule has 1 atom stereocenters. The van der Waals surface area contributed by atoms with Crippen LogP contribution in [0, 0.1) is 0 Å². The molecule has 4 rings (SSSR count). The fraction of sp³-hybridized carbons (Fsp3) is 0.583. The van der Waals surface area contributed by atoms with Crippen LogP contribution >= 0.6 is 0 Å². The van der Waals surface area contributed by atoms with Crippen molar-refractivity contribution in [1.29, 1.82) is 0 Å². The van der Waals surface area contributed by atoms with Gasteiger partial charge in [-0.2, -0.15) is 0 Å². The van der Waals surface area contributed by atoms with Gasteiger partial charge in [-0.25, -0.2) is 22.7 Å². The lowest BCUT2D eigenvalue weighted by Gasteiger charge is -2.49. The summed E-state index contributed by atoms with van der Waals surface area (Å²) in [4.78, 5) is 26.9. The molecule has 1 fully saturated rings. The van der Waals surface area contributed by atoms with Crippen LogP contribution in [-0.2, 0) is 35.7 Å². The Hall–Kier alpha value is -2.59. The van der Waals surface area contributed by atoms with E-state index in [9.17, 15) is 18.0 Å². The summed E-state index contributed by atoms with van der Waals surface area (Å²) >= 11 is 0. The highest BCUT2D eigenvalue weighted by Gasteiger charge is 2.38. The molecule has 9 nitrogen and oxygen atoms in total. The summed E-state index contributed by atoms with van der Waals surface area (Å²) < 4.78 is 27.4. The fourth-order valence-corrected chi connectivity index (χ4v) is 6.13. The Bertz CT molecular complexity index is 1080. The lowest BCUT2D eigenvalue weighted by Crippen LogP contribution is -2.57. The number of hydrogen-bond acceptors (Lipinski definition) is 5. The molecule has 3 amide bonds. The van der Waals surface area contributed by atoms with Gasteiger partial charge >= 0.3 is 12.1 Å². The van der Waals surface area contributed by atoms with Gasteiger partial charge in [0, 0.05) is 43.3 Å². The minimum atomic E-state index is -3.96. The first-order valence-electron chi connectivity index (χ1n) is 12.0. The van der Waals surface area contributed by atoms with Crippen LogP contribution in [0.25, 0.3) is 0 Å². The molecule has 0 spiro atoms. The number of anilines is 1. The second kappa shape index (κ2) is 9.58. The normalized spacial score (nSPS) is 21.7. The monoisotopic (exact) mass is 490 g/mol. The first kappa shape index (κ1) is 24.5. The predicted octanol–water partition coefficient (Wildman–Crippen LogP) is 3.09. The van der Waals surface area contributed by atoms with Crippen LogP contribution in [0.1, 0.15) is 54.9 Å². The summed E-state index contributed by atoms with van der Waals surface area (Å²) in [6.45, 7) is 3.84. The average molecular weight is 491 g/mol. The highest BCUT2D eigenvalue weighted by Crippen LogP contribution is 2.38. The smallest absolute Gasteiger partial charge is 0.407 e. The van der Waals surface area contributed by atoms with E-state index in [2.05, 4.69) is 21.0 Å². The van der Waals surface area contributed by atoms with Crippen LogP contribution < -0.4 is 10.0 Å². The Morgan fingerprint density at radius 1 is 1.18 bits per heavy atom. The number of carbonyl (C=O) groups is 2. The molecule has 3 aliphatic rings. The molecular formula is C24H34N4O5S. The van der Waals surface area contributed by atoms with Gasteiger partial charge in [0.1, 0.15) is 0 Å². The molecule has 0 aromatic heterocycles. The van der Waals surface area contributed by atoms with Gasteiger partial charge in [-0.15, -0.1) is 0 Å². The number of urea groups is 1. The Kier molecular flexibility index (Phi) is 6.91. The number of sulfonamides is 1. The van der Waals surface area contributed by atoms with Gasteiger partial charge in [0.25, 0.3) is 10.0 Å². The van der Waals surface area contributed by atoms with Crippen LogP contribution in [0.5, 0.6) is 0 Å². The second-order valence-corrected chi connectivity index (χ2v) is 11.4. The average Bonchev–Trinajstić information content (AvgIpc) is 3.42. The number of rotatable bonds is 8. The minimum absolute atomic E-state index is 0.415. The lowest BCUT2D eigenvalue weighted by molar-refractivity contribution is 0.0373. The van der Waals surface area contributed by atoms with E-state index in [0.717, 1.165) is 73.7 Å². The summed E-state index contributed by atoms with van der Waals surface area (Å²) in [7, 11) is -2.44. The maximum absolute atomic E-state index is 12.7. The van der Waals surface area contributed by atoms with Gasteiger partial charge in [-0.1, -0.05) is 12.1 Å². The van der Waals surface area contributed by atoms with E-state index in [0.29, 0.717) is 19.5 Å². The molecular weight excluding hydrogens is 456 g/mol. The van der Waals surface area contributed by atoms with E-state index in [1.807, 2.05) is 6.92 Å². The van der Waals surface area contributed by atoms with Crippen LogP contribution in [0.2, 0.25) is 0 Å². The van der Waals surface area contributed by atoms with Crippen LogP contribution in [0.15, 0.2) is 17.6 Å². The molecule has 2 aliphatic carbocycles. The number of carbonyl (C=O) groups excluding carboxylic acids is 1. The van der Waals surface area contributed by atoms with Gasteiger partial charge in [-0.3, -0.25) is 4.90 Å². The fourth-order valence-electron chi connectivity index (χ4n) is 5.28. The number of likely N-dealkylation sites (tertiary alicyclic amines) is 1. The number of nitrogens with zero attached hydrogens (tertiary/aromatic N) is 2. The molecule has 1 saturated heterocycles. The van der Waals surface area contributed by atoms with Crippen molar-refractivity contribution in [3.05, 3.63) is 39.8 Å². The van der Waals surface area contributed by atoms with E-state index in [4.69, 9.17) is 5.11 Å². The number of benzene rings is 1. The number of amides is 3. The van der Waals surface area contributed by atoms with E-state index in [-0.39, 0.29) is 0 Å². The zero-order chi connectivity index (χ0) is 24.5. The van der Waals surface area contributed by atoms with Crippen molar-refractivity contribution < 1.29 is 23.1 Å². The van der Waals surface area contributed by atoms with Crippen molar-refractivity contribution >= 4 is 27.8 Å². The quantitative estimate of drug-likeness (QED) is 0.515. The predicted molar refractivity (Wildman–Crippen MR) is 131 cm³/mol. The summed E-state index contributed by atoms with van der Waals surface area (Å²) in [6, 6.07) is 1.53. The van der Waals surface area contributed by atoms with Gasteiger partial charge in [0.05, 0.1) is 0 Å². The third kappa shape index (κ3) is 5.22. The minimum Gasteiger partial charge on any atom is -0.465 e. The van der Waals surface area contributed by atoms with Crippen molar-refractivity contribution in [2.24, 2.45) is 0 Å². The number of fused-ring (bicyclic) bond motifs is 2. The first-order chi connectivity index (χ1) is 16.1. The summed E-state index contributed by atoms with van der Waals surface area (Å²) in [5.74, 6) is 0. The second-order valence-electron chi connectivity index (χ2n) is 9.79. The third-order valence-corrected chi connectivity index (χ3v) is 8.38. The SMILES string of the molecule is CN(CCCN1CC[C@@]1(C)/C=C/S(=O)(=O)NC(=O)Nc1c2c(cc3c1CCC3)CCC2)C(=O)O. The topological polar surface area (TPSA) is 119 Å². The Balaban J connectivity index is 1.36. The molecule has 1 heterocycles. The molecule has 10 heteroatoms. The molecule has 3 N–H and O–H groups in total. The van der Waals surface area contributed by atoms with Crippen molar-refractivity contribution in [3.63, 3.8) is 0 Å². The van der Waals surface area contributed by atoms with Crippen LogP contribution in [0.3, 0.4) is 0 Å². The standard InChI is InChI=1S/C24H34N4O5S/c1-24(10-14-28(24)13-5-12-27(2)23(30)31)11-15-34(32,33)26-22(29)25-21-19-8-3-6-17(19)16-18-7-4-9-20(18)21/h11,15-16H,3-10,12-14H2,1-2H3,(H,30,31)(H2,25,26,29)/b15-11+/t24-/m0/s1. The molecule has 34 heavy (non-hydrogen) atoms. The zero-order valence-corrected chi connectivity index (χ0v) is 20.7. The Labute approximate surface area is 201 Å². The lowest BCUT2D eigenvalue weighted by atomic mass is 9.86. The van der Waals surface area contributed by atoms with E-state index >= 15 is 0 Å². The van der Waals surface area contributed by atoms with Gasteiger partial charge in [0.2, 0.25) is 0 Å². The van der Waals surface area contributed by atoms with Crippen LogP contribution in [0.4, 0.5) is 15.3 Å². The Morgan fingerprint density at radius 3 is 2.38 bits per heavy atom. The largest absolute Gasteiger partial charge is 0.465 e. The molecule has 0 unspecified atom stereocenters. The number of carboxylic acid groups (broad SMARTS) is 1. The zero-order valence-electron chi connectivity index (χ0n) is 19.9. The van der Waals surface area contributed by atoms with Gasteiger partial charge in [0.15, 0.2) is 0 Å². The molecule has 1 aromatic carbocycles. The molecule has 0 radical (unpaired) electrons. The summed E-state index contributed by atoms with van der Waals surface area (Å²) in [6.07, 6.45) is 8.02.